The zero-order chi connectivity index (χ0) is 34.7. The van der Waals surface area contributed by atoms with Crippen LogP contribution < -0.4 is 9.86 Å². The molecule has 0 aromatic rings. The molecule has 8 unspecified atom stereocenters. The van der Waals surface area contributed by atoms with Gasteiger partial charge in [-0.1, -0.05) is 27.7 Å². The van der Waals surface area contributed by atoms with E-state index in [0.717, 1.165) is 44.9 Å². The van der Waals surface area contributed by atoms with Crippen molar-refractivity contribution in [3.8, 4) is 0 Å². The molecule has 0 aromatic heterocycles. The summed E-state index contributed by atoms with van der Waals surface area (Å²) in [6.07, 6.45) is 5.89. The minimum atomic E-state index is -3.87. The van der Waals surface area contributed by atoms with Crippen LogP contribution in [-0.4, -0.2) is 64.6 Å². The van der Waals surface area contributed by atoms with Crippen LogP contribution in [0.4, 0.5) is 0 Å². The second kappa shape index (κ2) is 12.1. The van der Waals surface area contributed by atoms with Gasteiger partial charge in [-0.05, 0) is 95.7 Å². The molecule has 8 heterocycles. The molecule has 8 aliphatic heterocycles. The van der Waals surface area contributed by atoms with Gasteiger partial charge in [0.25, 0.3) is 10.2 Å². The molecule has 15 heteroatoms. The average Bonchev–Trinajstić information content (AvgIpc) is 3.35. The number of nitrogens with two attached hydrogens (primary N) is 1. The maximum Gasteiger partial charge on any atom is 0.276 e. The smallest absolute Gasteiger partial charge is 0.276 e. The van der Waals surface area contributed by atoms with Crippen LogP contribution in [0.25, 0.3) is 0 Å². The van der Waals surface area contributed by atoms with Gasteiger partial charge in [0, 0.05) is 36.5 Å². The Morgan fingerprint density at radius 1 is 0.688 bits per heavy atom. The Hall–Kier alpha value is -0.273. The normalized spacial score (nSPS) is 54.2. The van der Waals surface area contributed by atoms with Gasteiger partial charge in [0.15, 0.2) is 38.4 Å². The van der Waals surface area contributed by atoms with Crippen molar-refractivity contribution in [2.24, 2.45) is 52.5 Å². The maximum absolute atomic E-state index is 11.5. The number of ether oxygens (including phenoxy) is 4. The van der Waals surface area contributed by atoms with Gasteiger partial charge in [-0.25, -0.2) is 24.7 Å². The van der Waals surface area contributed by atoms with Crippen molar-refractivity contribution in [1.82, 2.24) is 4.72 Å². The molecular formula is C33H58N2O11SSi. The topological polar surface area (TPSA) is 155 Å². The van der Waals surface area contributed by atoms with Crippen LogP contribution in [0, 0.1) is 47.3 Å². The average molecular weight is 719 g/mol. The third kappa shape index (κ3) is 5.98. The minimum Gasteiger partial charge on any atom is -0.393 e. The molecule has 10 rings (SSSR count). The molecule has 2 aliphatic carbocycles. The van der Waals surface area contributed by atoms with E-state index in [2.05, 4.69) is 45.1 Å². The van der Waals surface area contributed by atoms with E-state index in [1.165, 1.54) is 6.42 Å². The summed E-state index contributed by atoms with van der Waals surface area (Å²) < 4.78 is 56.7. The van der Waals surface area contributed by atoms with Crippen molar-refractivity contribution in [2.75, 3.05) is 0 Å². The molecule has 0 aromatic carbocycles. The van der Waals surface area contributed by atoms with Crippen LogP contribution in [0.5, 0.6) is 0 Å². The summed E-state index contributed by atoms with van der Waals surface area (Å²) in [4.78, 5) is 23.7. The first-order valence-corrected chi connectivity index (χ1v) is 23.1. The number of nitrogens with one attached hydrogen (secondary N) is 1. The summed E-state index contributed by atoms with van der Waals surface area (Å²) in [6, 6.07) is 0. The molecule has 2 saturated carbocycles. The third-order valence-corrected chi connectivity index (χ3v) is 14.5. The zero-order valence-electron chi connectivity index (χ0n) is 30.1. The first-order valence-electron chi connectivity index (χ1n) is 18.2. The van der Waals surface area contributed by atoms with E-state index < -0.39 is 60.1 Å². The number of hydrogen-bond acceptors (Lipinski definition) is 11. The lowest BCUT2D eigenvalue weighted by Gasteiger charge is -2.60. The predicted molar refractivity (Wildman–Crippen MR) is 174 cm³/mol. The van der Waals surface area contributed by atoms with Crippen LogP contribution in [0.3, 0.4) is 0 Å². The van der Waals surface area contributed by atoms with E-state index in [4.69, 9.17) is 48.1 Å². The fraction of sp³-hybridized carbons (Fsp3) is 1.00. The van der Waals surface area contributed by atoms with Crippen molar-refractivity contribution >= 4 is 18.5 Å². The van der Waals surface area contributed by atoms with Crippen molar-refractivity contribution < 1.29 is 51.3 Å². The molecule has 3 N–H and O–H groups in total. The summed E-state index contributed by atoms with van der Waals surface area (Å²) in [7, 11) is -5.58. The molecule has 48 heavy (non-hydrogen) atoms. The molecular weight excluding hydrogens is 661 g/mol. The SMILES string of the molecule is CC1CCC2[C@@H](C)[C@H](NS(N)(=O)=O)OC3O[C@@]4(C)CCC1[C@]32OO4.CC1CCC2[C@@H](C)[C@H](O[Si](C)(C)C)OC3O[C@@]4(C)CCC1[C@]32OO4. The molecule has 8 saturated heterocycles. The Labute approximate surface area is 287 Å². The van der Waals surface area contributed by atoms with E-state index in [9.17, 15) is 8.42 Å². The van der Waals surface area contributed by atoms with E-state index >= 15 is 0 Å². The zero-order valence-corrected chi connectivity index (χ0v) is 31.9. The predicted octanol–water partition coefficient (Wildman–Crippen LogP) is 5.03. The Morgan fingerprint density at radius 2 is 1.17 bits per heavy atom. The van der Waals surface area contributed by atoms with Crippen molar-refractivity contribution in [1.29, 1.82) is 0 Å². The van der Waals surface area contributed by atoms with Crippen LogP contribution in [-0.2, 0) is 53.1 Å². The summed E-state index contributed by atoms with van der Waals surface area (Å²) in [5.41, 5.74) is -1.17. The minimum absolute atomic E-state index is 0.0688. The highest BCUT2D eigenvalue weighted by Gasteiger charge is 2.71. The summed E-state index contributed by atoms with van der Waals surface area (Å²) in [5.74, 6) is 0.745. The standard InChI is InChI=1S/C18H32O5Si.C15H26N2O6S/c1-11-7-8-14-12(2)15(21-24(4,5)6)19-16-18(14)13(11)9-10-17(3,20-16)22-23-18;1-8-4-5-11-9(2)12(17-24(16,18)19)20-13-15(11)10(8)6-7-14(3,21-13)22-23-15/h11-16H,7-10H2,1-6H3;8-13,17H,4-7H2,1-3H3,(H2,16,18,19)/t11?,12-,13?,14?,15+,16?,17-,18-;8?,9-,10?,11?,12-,13?,14-,15-/m11/s1. The lowest BCUT2D eigenvalue weighted by Crippen LogP contribution is -2.72. The van der Waals surface area contributed by atoms with Gasteiger partial charge in [-0.15, -0.1) is 0 Å². The molecule has 4 bridgehead atoms. The van der Waals surface area contributed by atoms with Crippen LogP contribution >= 0.6 is 0 Å². The second-order valence-electron chi connectivity index (χ2n) is 17.5. The Kier molecular flexibility index (Phi) is 9.13. The number of hydrogen-bond donors (Lipinski definition) is 2. The fourth-order valence-electron chi connectivity index (χ4n) is 10.6. The molecule has 13 nitrogen and oxygen atoms in total. The van der Waals surface area contributed by atoms with Crippen molar-refractivity contribution in [3.05, 3.63) is 0 Å². The lowest BCUT2D eigenvalue weighted by molar-refractivity contribution is -0.576. The highest BCUT2D eigenvalue weighted by molar-refractivity contribution is 7.87. The highest BCUT2D eigenvalue weighted by Crippen LogP contribution is 2.62. The van der Waals surface area contributed by atoms with E-state index in [0.29, 0.717) is 23.7 Å². The van der Waals surface area contributed by atoms with Gasteiger partial charge >= 0.3 is 0 Å². The van der Waals surface area contributed by atoms with Crippen LogP contribution in [0.15, 0.2) is 0 Å². The quantitative estimate of drug-likeness (QED) is 0.297. The van der Waals surface area contributed by atoms with Gasteiger partial charge < -0.3 is 23.4 Å². The lowest BCUT2D eigenvalue weighted by atomic mass is 9.58. The van der Waals surface area contributed by atoms with Crippen LogP contribution in [0.1, 0.15) is 92.9 Å². The third-order valence-electron chi connectivity index (χ3n) is 13.0. The Morgan fingerprint density at radius 3 is 1.65 bits per heavy atom. The summed E-state index contributed by atoms with van der Waals surface area (Å²) >= 11 is 0. The summed E-state index contributed by atoms with van der Waals surface area (Å²) in [5, 5.41) is 5.16. The first-order chi connectivity index (χ1) is 22.3. The van der Waals surface area contributed by atoms with Gasteiger partial charge in [0.05, 0.1) is 0 Å². The van der Waals surface area contributed by atoms with Gasteiger partial charge in [0.2, 0.25) is 11.6 Å². The molecule has 10 fully saturated rings. The van der Waals surface area contributed by atoms with E-state index in [-0.39, 0.29) is 30.0 Å². The largest absolute Gasteiger partial charge is 0.393 e. The second-order valence-corrected chi connectivity index (χ2v) is 23.3. The fourth-order valence-corrected chi connectivity index (χ4v) is 12.1. The van der Waals surface area contributed by atoms with Crippen molar-refractivity contribution in [2.45, 2.75) is 160 Å². The molecule has 0 amide bonds. The summed E-state index contributed by atoms with van der Waals surface area (Å²) in [6.45, 7) is 19.2. The van der Waals surface area contributed by atoms with Gasteiger partial charge in [-0.3, -0.25) is 0 Å². The maximum atomic E-state index is 11.5. The molecule has 0 radical (unpaired) electrons. The monoisotopic (exact) mass is 718 g/mol. The van der Waals surface area contributed by atoms with Gasteiger partial charge in [0.1, 0.15) is 6.23 Å². The molecule has 10 aliphatic rings. The van der Waals surface area contributed by atoms with Crippen LogP contribution in [0.2, 0.25) is 19.6 Å². The first kappa shape index (κ1) is 36.1. The van der Waals surface area contributed by atoms with E-state index in [1.54, 1.807) is 0 Å². The molecule has 276 valence electrons. The van der Waals surface area contributed by atoms with Gasteiger partial charge in [-0.2, -0.15) is 13.1 Å². The number of fused-ring (bicyclic) bond motifs is 4. The molecule has 2 spiro atoms. The van der Waals surface area contributed by atoms with E-state index in [1.807, 2.05) is 20.8 Å². The molecule has 16 atom stereocenters. The number of rotatable bonds is 4. The Balaban J connectivity index is 0.000000152. The van der Waals surface area contributed by atoms with Crippen molar-refractivity contribution in [3.63, 3.8) is 0 Å². The Bertz CT molecular complexity index is 1340. The highest BCUT2D eigenvalue weighted by atomic mass is 32.2.